The minimum Gasteiger partial charge on any atom is -0.505 e. The summed E-state index contributed by atoms with van der Waals surface area (Å²) >= 11 is 0. The predicted octanol–water partition coefficient (Wildman–Crippen LogP) is 1.96. The van der Waals surface area contributed by atoms with Crippen molar-refractivity contribution < 1.29 is 18.6 Å². The standard InChI is InChI=1S/C11H15F2NO2/c1-16-11-7(4-2-3-5-14)10(15)8(12)6-9(11)13/h6,15H,2-5,14H2,1H3. The summed E-state index contributed by atoms with van der Waals surface area (Å²) < 4.78 is 31.2. The van der Waals surface area contributed by atoms with Gasteiger partial charge in [0, 0.05) is 11.6 Å². The maximum atomic E-state index is 13.3. The molecular formula is C11H15F2NO2. The summed E-state index contributed by atoms with van der Waals surface area (Å²) in [4.78, 5) is 0. The van der Waals surface area contributed by atoms with Gasteiger partial charge in [-0.2, -0.15) is 0 Å². The van der Waals surface area contributed by atoms with Crippen LogP contribution in [-0.2, 0) is 6.42 Å². The van der Waals surface area contributed by atoms with Gasteiger partial charge in [0.05, 0.1) is 7.11 Å². The van der Waals surface area contributed by atoms with E-state index in [9.17, 15) is 13.9 Å². The molecule has 0 aromatic heterocycles. The number of methoxy groups -OCH3 is 1. The average molecular weight is 231 g/mol. The molecule has 1 rings (SSSR count). The van der Waals surface area contributed by atoms with Gasteiger partial charge in [-0.3, -0.25) is 0 Å². The molecule has 5 heteroatoms. The molecule has 0 amide bonds. The van der Waals surface area contributed by atoms with E-state index in [-0.39, 0.29) is 11.3 Å². The molecule has 3 nitrogen and oxygen atoms in total. The fraction of sp³-hybridized carbons (Fsp3) is 0.455. The van der Waals surface area contributed by atoms with Crippen molar-refractivity contribution in [2.24, 2.45) is 5.73 Å². The zero-order valence-corrected chi connectivity index (χ0v) is 9.09. The van der Waals surface area contributed by atoms with Crippen LogP contribution in [0.2, 0.25) is 0 Å². The Bertz CT molecular complexity index is 369. The number of benzene rings is 1. The van der Waals surface area contributed by atoms with Gasteiger partial charge in [-0.1, -0.05) is 0 Å². The molecule has 0 bridgehead atoms. The SMILES string of the molecule is COc1c(F)cc(F)c(O)c1CCCCN. The number of ether oxygens (including phenoxy) is 1. The van der Waals surface area contributed by atoms with E-state index in [0.29, 0.717) is 25.5 Å². The van der Waals surface area contributed by atoms with Crippen LogP contribution in [0.15, 0.2) is 6.07 Å². The van der Waals surface area contributed by atoms with Gasteiger partial charge in [0.25, 0.3) is 0 Å². The van der Waals surface area contributed by atoms with Gasteiger partial charge in [-0.15, -0.1) is 0 Å². The molecule has 16 heavy (non-hydrogen) atoms. The number of unbranched alkanes of at least 4 members (excludes halogenated alkanes) is 1. The molecule has 0 spiro atoms. The number of hydrogen-bond donors (Lipinski definition) is 2. The van der Waals surface area contributed by atoms with Gasteiger partial charge >= 0.3 is 0 Å². The second-order valence-corrected chi connectivity index (χ2v) is 3.45. The van der Waals surface area contributed by atoms with E-state index in [1.165, 1.54) is 7.11 Å². The average Bonchev–Trinajstić information content (AvgIpc) is 2.25. The van der Waals surface area contributed by atoms with Crippen LogP contribution in [-0.4, -0.2) is 18.8 Å². The number of aromatic hydroxyl groups is 1. The van der Waals surface area contributed by atoms with Crippen LogP contribution in [0.1, 0.15) is 18.4 Å². The highest BCUT2D eigenvalue weighted by Gasteiger charge is 2.18. The van der Waals surface area contributed by atoms with Crippen molar-refractivity contribution in [3.63, 3.8) is 0 Å². The molecule has 90 valence electrons. The molecule has 0 aliphatic rings. The zero-order valence-electron chi connectivity index (χ0n) is 9.09. The minimum atomic E-state index is -0.971. The Balaban J connectivity index is 3.02. The number of nitrogens with two attached hydrogens (primary N) is 1. The third-order valence-electron chi connectivity index (χ3n) is 2.34. The van der Waals surface area contributed by atoms with E-state index < -0.39 is 17.4 Å². The lowest BCUT2D eigenvalue weighted by molar-refractivity contribution is 0.361. The van der Waals surface area contributed by atoms with Crippen LogP contribution in [0.4, 0.5) is 8.78 Å². The van der Waals surface area contributed by atoms with E-state index >= 15 is 0 Å². The quantitative estimate of drug-likeness (QED) is 0.762. The fourth-order valence-corrected chi connectivity index (χ4v) is 1.54. The van der Waals surface area contributed by atoms with Gasteiger partial charge in [-0.05, 0) is 25.8 Å². The van der Waals surface area contributed by atoms with Crippen molar-refractivity contribution in [3.8, 4) is 11.5 Å². The summed E-state index contributed by atoms with van der Waals surface area (Å²) in [6.45, 7) is 0.501. The Morgan fingerprint density at radius 2 is 2.00 bits per heavy atom. The van der Waals surface area contributed by atoms with E-state index in [4.69, 9.17) is 10.5 Å². The molecule has 0 atom stereocenters. The minimum absolute atomic E-state index is 0.101. The number of rotatable bonds is 5. The molecule has 0 heterocycles. The highest BCUT2D eigenvalue weighted by molar-refractivity contribution is 5.46. The van der Waals surface area contributed by atoms with Gasteiger partial charge in [0.1, 0.15) is 0 Å². The van der Waals surface area contributed by atoms with Crippen molar-refractivity contribution in [3.05, 3.63) is 23.3 Å². The Morgan fingerprint density at radius 3 is 2.56 bits per heavy atom. The van der Waals surface area contributed by atoms with Crippen LogP contribution in [0, 0.1) is 11.6 Å². The lowest BCUT2D eigenvalue weighted by Gasteiger charge is -2.11. The summed E-state index contributed by atoms with van der Waals surface area (Å²) in [7, 11) is 1.28. The summed E-state index contributed by atoms with van der Waals surface area (Å²) in [6.07, 6.45) is 1.70. The number of halogens is 2. The molecule has 0 aliphatic carbocycles. The largest absolute Gasteiger partial charge is 0.505 e. The molecule has 0 radical (unpaired) electrons. The molecule has 1 aromatic rings. The second kappa shape index (κ2) is 5.65. The molecule has 0 fully saturated rings. The van der Waals surface area contributed by atoms with E-state index in [1.54, 1.807) is 0 Å². The monoisotopic (exact) mass is 231 g/mol. The number of phenolic OH excluding ortho intramolecular Hbond substituents is 1. The van der Waals surface area contributed by atoms with Gasteiger partial charge in [0.15, 0.2) is 23.1 Å². The fourth-order valence-electron chi connectivity index (χ4n) is 1.54. The number of hydrogen-bond acceptors (Lipinski definition) is 3. The van der Waals surface area contributed by atoms with Crippen LogP contribution in [0.25, 0.3) is 0 Å². The highest BCUT2D eigenvalue weighted by atomic mass is 19.1. The Hall–Kier alpha value is -1.36. The van der Waals surface area contributed by atoms with E-state index in [1.807, 2.05) is 0 Å². The molecule has 0 saturated heterocycles. The molecule has 1 aromatic carbocycles. The normalized spacial score (nSPS) is 10.5. The Morgan fingerprint density at radius 1 is 1.31 bits per heavy atom. The maximum Gasteiger partial charge on any atom is 0.168 e. The van der Waals surface area contributed by atoms with Gasteiger partial charge in [0.2, 0.25) is 0 Å². The first kappa shape index (κ1) is 12.7. The summed E-state index contributed by atoms with van der Waals surface area (Å²) in [5.74, 6) is -2.42. The van der Waals surface area contributed by atoms with Gasteiger partial charge < -0.3 is 15.6 Å². The Kier molecular flexibility index (Phi) is 4.49. The van der Waals surface area contributed by atoms with Crippen LogP contribution >= 0.6 is 0 Å². The van der Waals surface area contributed by atoms with Gasteiger partial charge in [-0.25, -0.2) is 8.78 Å². The second-order valence-electron chi connectivity index (χ2n) is 3.45. The van der Waals surface area contributed by atoms with Crippen molar-refractivity contribution in [1.29, 1.82) is 0 Å². The molecular weight excluding hydrogens is 216 g/mol. The summed E-state index contributed by atoms with van der Waals surface area (Å²) in [5, 5.41) is 9.48. The topological polar surface area (TPSA) is 55.5 Å². The van der Waals surface area contributed by atoms with Crippen LogP contribution < -0.4 is 10.5 Å². The molecule has 0 saturated carbocycles. The van der Waals surface area contributed by atoms with Crippen molar-refractivity contribution in [1.82, 2.24) is 0 Å². The third-order valence-corrected chi connectivity index (χ3v) is 2.34. The van der Waals surface area contributed by atoms with Crippen molar-refractivity contribution >= 4 is 0 Å². The number of phenols is 1. The first-order valence-electron chi connectivity index (χ1n) is 5.05. The lowest BCUT2D eigenvalue weighted by Crippen LogP contribution is -2.02. The Labute approximate surface area is 92.8 Å². The van der Waals surface area contributed by atoms with Crippen LogP contribution in [0.5, 0.6) is 11.5 Å². The van der Waals surface area contributed by atoms with Crippen molar-refractivity contribution in [2.45, 2.75) is 19.3 Å². The third kappa shape index (κ3) is 2.61. The lowest BCUT2D eigenvalue weighted by atomic mass is 10.0. The zero-order chi connectivity index (χ0) is 12.1. The van der Waals surface area contributed by atoms with Crippen molar-refractivity contribution in [2.75, 3.05) is 13.7 Å². The first-order chi connectivity index (χ1) is 7.61. The van der Waals surface area contributed by atoms with E-state index in [0.717, 1.165) is 6.42 Å². The molecule has 0 unspecified atom stereocenters. The summed E-state index contributed by atoms with van der Waals surface area (Å²) in [5.41, 5.74) is 5.48. The van der Waals surface area contributed by atoms with E-state index in [2.05, 4.69) is 0 Å². The summed E-state index contributed by atoms with van der Waals surface area (Å²) in [6, 6.07) is 0.612. The smallest absolute Gasteiger partial charge is 0.168 e. The maximum absolute atomic E-state index is 13.3. The molecule has 3 N–H and O–H groups in total. The predicted molar refractivity (Wildman–Crippen MR) is 56.6 cm³/mol. The highest BCUT2D eigenvalue weighted by Crippen LogP contribution is 2.34. The molecule has 0 aliphatic heterocycles. The first-order valence-corrected chi connectivity index (χ1v) is 5.05. The van der Waals surface area contributed by atoms with Crippen LogP contribution in [0.3, 0.4) is 0 Å².